The van der Waals surface area contributed by atoms with Crippen molar-refractivity contribution >= 4 is 17.2 Å². The lowest BCUT2D eigenvalue weighted by Crippen LogP contribution is -2.48. The van der Waals surface area contributed by atoms with Crippen LogP contribution >= 0.6 is 11.3 Å². The highest BCUT2D eigenvalue weighted by molar-refractivity contribution is 7.09. The zero-order valence-electron chi connectivity index (χ0n) is 13.5. The SMILES string of the molecule is CC(C(=O)NCCc1cccs1)N1CCCC1Cn1cccn1. The number of carbonyl (C=O) groups is 1. The van der Waals surface area contributed by atoms with E-state index in [1.807, 2.05) is 23.9 Å². The Hall–Kier alpha value is -1.66. The summed E-state index contributed by atoms with van der Waals surface area (Å²) in [5, 5.41) is 9.44. The van der Waals surface area contributed by atoms with Crippen molar-refractivity contribution in [3.8, 4) is 0 Å². The van der Waals surface area contributed by atoms with E-state index in [4.69, 9.17) is 0 Å². The molecule has 1 amide bonds. The maximum absolute atomic E-state index is 12.4. The van der Waals surface area contributed by atoms with Crippen LogP contribution in [0.25, 0.3) is 0 Å². The van der Waals surface area contributed by atoms with Gasteiger partial charge in [-0.3, -0.25) is 14.4 Å². The Morgan fingerprint density at radius 1 is 1.52 bits per heavy atom. The third-order valence-electron chi connectivity index (χ3n) is 4.51. The minimum absolute atomic E-state index is 0.0820. The molecule has 1 aliphatic heterocycles. The Morgan fingerprint density at radius 3 is 3.17 bits per heavy atom. The summed E-state index contributed by atoms with van der Waals surface area (Å²) in [6.45, 7) is 4.58. The molecule has 1 N–H and O–H groups in total. The molecule has 6 heteroatoms. The fourth-order valence-corrected chi connectivity index (χ4v) is 3.96. The average molecular weight is 332 g/mol. The summed E-state index contributed by atoms with van der Waals surface area (Å²) >= 11 is 1.74. The first-order valence-corrected chi connectivity index (χ1v) is 9.15. The maximum atomic E-state index is 12.4. The normalized spacial score (nSPS) is 19.8. The lowest BCUT2D eigenvalue weighted by atomic mass is 10.2. The highest BCUT2D eigenvalue weighted by Gasteiger charge is 2.32. The van der Waals surface area contributed by atoms with Gasteiger partial charge in [-0.1, -0.05) is 6.07 Å². The van der Waals surface area contributed by atoms with Crippen LogP contribution in [0.2, 0.25) is 0 Å². The standard InChI is InChI=1S/C17H24N4OS/c1-14(17(22)18-9-7-16-6-3-12-23-16)21-11-2-5-15(21)13-20-10-4-8-19-20/h3-4,6,8,10,12,14-15H,2,5,7,9,11,13H2,1H3,(H,18,22). The fraction of sp³-hybridized carbons (Fsp3) is 0.529. The molecule has 3 rings (SSSR count). The van der Waals surface area contributed by atoms with Gasteiger partial charge < -0.3 is 5.32 Å². The van der Waals surface area contributed by atoms with Gasteiger partial charge in [0.2, 0.25) is 5.91 Å². The molecule has 1 aliphatic rings. The van der Waals surface area contributed by atoms with Gasteiger partial charge in [0.05, 0.1) is 12.6 Å². The molecular formula is C17H24N4OS. The molecule has 0 aromatic carbocycles. The Balaban J connectivity index is 1.49. The lowest BCUT2D eigenvalue weighted by Gasteiger charge is -2.29. The number of likely N-dealkylation sites (tertiary alicyclic amines) is 1. The number of hydrogen-bond acceptors (Lipinski definition) is 4. The molecule has 0 spiro atoms. The van der Waals surface area contributed by atoms with Crippen LogP contribution in [0.3, 0.4) is 0 Å². The van der Waals surface area contributed by atoms with E-state index in [1.54, 1.807) is 17.5 Å². The minimum atomic E-state index is -0.0820. The summed E-state index contributed by atoms with van der Waals surface area (Å²) in [4.78, 5) is 16.1. The lowest BCUT2D eigenvalue weighted by molar-refractivity contribution is -0.126. The van der Waals surface area contributed by atoms with Crippen LogP contribution in [-0.4, -0.2) is 45.8 Å². The summed E-state index contributed by atoms with van der Waals surface area (Å²) in [6, 6.07) is 6.42. The topological polar surface area (TPSA) is 50.2 Å². The number of amides is 1. The van der Waals surface area contributed by atoms with Gasteiger partial charge in [-0.05, 0) is 50.2 Å². The summed E-state index contributed by atoms with van der Waals surface area (Å²) < 4.78 is 1.96. The van der Waals surface area contributed by atoms with E-state index in [2.05, 4.69) is 32.8 Å². The first-order valence-electron chi connectivity index (χ1n) is 8.27. The molecule has 0 radical (unpaired) electrons. The molecule has 0 saturated carbocycles. The molecule has 2 atom stereocenters. The second kappa shape index (κ2) is 7.75. The van der Waals surface area contributed by atoms with E-state index in [9.17, 15) is 4.79 Å². The van der Waals surface area contributed by atoms with Crippen molar-refractivity contribution in [3.05, 3.63) is 40.8 Å². The Bertz CT molecular complexity index is 596. The molecule has 3 heterocycles. The van der Waals surface area contributed by atoms with Gasteiger partial charge in [0.1, 0.15) is 0 Å². The van der Waals surface area contributed by atoms with Gasteiger partial charge in [-0.15, -0.1) is 11.3 Å². The minimum Gasteiger partial charge on any atom is -0.354 e. The van der Waals surface area contributed by atoms with Crippen LogP contribution in [0, 0.1) is 0 Å². The highest BCUT2D eigenvalue weighted by atomic mass is 32.1. The fourth-order valence-electron chi connectivity index (χ4n) is 3.25. The van der Waals surface area contributed by atoms with Crippen LogP contribution in [0.4, 0.5) is 0 Å². The van der Waals surface area contributed by atoms with Gasteiger partial charge in [0, 0.05) is 29.9 Å². The Kier molecular flexibility index (Phi) is 5.46. The first-order chi connectivity index (χ1) is 11.2. The first kappa shape index (κ1) is 16.2. The summed E-state index contributed by atoms with van der Waals surface area (Å²) in [5.74, 6) is 0.133. The van der Waals surface area contributed by atoms with Gasteiger partial charge in [-0.25, -0.2) is 0 Å². The molecule has 5 nitrogen and oxygen atoms in total. The van der Waals surface area contributed by atoms with Crippen molar-refractivity contribution in [1.29, 1.82) is 0 Å². The molecule has 2 aromatic heterocycles. The van der Waals surface area contributed by atoms with E-state index in [0.717, 1.165) is 32.4 Å². The molecule has 1 fully saturated rings. The zero-order chi connectivity index (χ0) is 16.1. The van der Waals surface area contributed by atoms with Crippen LogP contribution in [0.1, 0.15) is 24.6 Å². The Morgan fingerprint density at radius 2 is 2.43 bits per heavy atom. The molecule has 0 aliphatic carbocycles. The molecule has 2 aromatic rings. The average Bonchev–Trinajstić information content (AvgIpc) is 3.29. The van der Waals surface area contributed by atoms with Crippen molar-refractivity contribution < 1.29 is 4.79 Å². The number of rotatable bonds is 7. The number of aromatic nitrogens is 2. The smallest absolute Gasteiger partial charge is 0.237 e. The van der Waals surface area contributed by atoms with Gasteiger partial charge >= 0.3 is 0 Å². The molecular weight excluding hydrogens is 308 g/mol. The molecule has 1 saturated heterocycles. The van der Waals surface area contributed by atoms with Crippen LogP contribution < -0.4 is 5.32 Å². The van der Waals surface area contributed by atoms with Crippen molar-refractivity contribution in [2.75, 3.05) is 13.1 Å². The zero-order valence-corrected chi connectivity index (χ0v) is 14.3. The highest BCUT2D eigenvalue weighted by Crippen LogP contribution is 2.21. The van der Waals surface area contributed by atoms with Crippen LogP contribution in [0.5, 0.6) is 0 Å². The van der Waals surface area contributed by atoms with E-state index in [-0.39, 0.29) is 11.9 Å². The molecule has 23 heavy (non-hydrogen) atoms. The number of nitrogens with one attached hydrogen (secondary N) is 1. The summed E-state index contributed by atoms with van der Waals surface area (Å²) in [6.07, 6.45) is 6.99. The molecule has 0 bridgehead atoms. The number of thiophene rings is 1. The van der Waals surface area contributed by atoms with Crippen LogP contribution in [-0.2, 0) is 17.8 Å². The predicted octanol–water partition coefficient (Wildman–Crippen LogP) is 2.16. The second-order valence-electron chi connectivity index (χ2n) is 6.06. The maximum Gasteiger partial charge on any atom is 0.237 e. The van der Waals surface area contributed by atoms with Gasteiger partial charge in [0.15, 0.2) is 0 Å². The van der Waals surface area contributed by atoms with Gasteiger partial charge in [-0.2, -0.15) is 5.10 Å². The van der Waals surface area contributed by atoms with E-state index in [0.29, 0.717) is 12.6 Å². The monoisotopic (exact) mass is 332 g/mol. The molecule has 2 unspecified atom stereocenters. The van der Waals surface area contributed by atoms with Crippen molar-refractivity contribution in [1.82, 2.24) is 20.0 Å². The number of hydrogen-bond donors (Lipinski definition) is 1. The second-order valence-corrected chi connectivity index (χ2v) is 7.09. The van der Waals surface area contributed by atoms with E-state index in [1.165, 1.54) is 4.88 Å². The number of nitrogens with zero attached hydrogens (tertiary/aromatic N) is 3. The Labute approximate surface area is 141 Å². The van der Waals surface area contributed by atoms with Crippen molar-refractivity contribution in [3.63, 3.8) is 0 Å². The summed E-state index contributed by atoms with van der Waals surface area (Å²) in [7, 11) is 0. The third kappa shape index (κ3) is 4.20. The van der Waals surface area contributed by atoms with E-state index >= 15 is 0 Å². The van der Waals surface area contributed by atoms with Crippen molar-refractivity contribution in [2.45, 2.75) is 44.8 Å². The van der Waals surface area contributed by atoms with Gasteiger partial charge in [0.25, 0.3) is 0 Å². The quantitative estimate of drug-likeness (QED) is 0.845. The number of carbonyl (C=O) groups excluding carboxylic acids is 1. The molecule has 124 valence electrons. The van der Waals surface area contributed by atoms with E-state index < -0.39 is 0 Å². The van der Waals surface area contributed by atoms with Crippen molar-refractivity contribution in [2.24, 2.45) is 0 Å². The largest absolute Gasteiger partial charge is 0.354 e. The third-order valence-corrected chi connectivity index (χ3v) is 5.44. The van der Waals surface area contributed by atoms with Crippen LogP contribution in [0.15, 0.2) is 36.0 Å². The summed E-state index contributed by atoms with van der Waals surface area (Å²) in [5.41, 5.74) is 0. The predicted molar refractivity (Wildman–Crippen MR) is 92.4 cm³/mol.